The molecule has 3 aromatic rings. The number of carbonyl (C=O) groups is 2. The second-order valence-corrected chi connectivity index (χ2v) is 9.02. The fourth-order valence-electron chi connectivity index (χ4n) is 4.71. The van der Waals surface area contributed by atoms with Gasteiger partial charge in [-0.15, -0.1) is 0 Å². The van der Waals surface area contributed by atoms with E-state index < -0.39 is 0 Å². The van der Waals surface area contributed by atoms with E-state index in [0.29, 0.717) is 25.8 Å². The van der Waals surface area contributed by atoms with Crippen LogP contribution in [0.1, 0.15) is 53.8 Å². The van der Waals surface area contributed by atoms with Crippen molar-refractivity contribution in [2.75, 3.05) is 19.6 Å². The van der Waals surface area contributed by atoms with Gasteiger partial charge in [0.25, 0.3) is 0 Å². The third-order valence-corrected chi connectivity index (χ3v) is 6.55. The van der Waals surface area contributed by atoms with E-state index in [2.05, 4.69) is 43.4 Å². The van der Waals surface area contributed by atoms with Crippen LogP contribution in [0.4, 0.5) is 0 Å². The highest BCUT2D eigenvalue weighted by Crippen LogP contribution is 2.28. The van der Waals surface area contributed by atoms with Crippen molar-refractivity contribution in [1.82, 2.24) is 25.0 Å². The molecule has 1 N–H and O–H groups in total. The number of fused-ring (bicyclic) bond motifs is 1. The zero-order valence-electron chi connectivity index (χ0n) is 20.1. The zero-order chi connectivity index (χ0) is 23.5. The molecule has 3 heterocycles. The molecule has 2 amide bonds. The highest BCUT2D eigenvalue weighted by Gasteiger charge is 2.20. The molecule has 2 aromatic heterocycles. The maximum absolute atomic E-state index is 12.4. The van der Waals surface area contributed by atoms with Crippen molar-refractivity contribution in [2.45, 2.75) is 59.8 Å². The van der Waals surface area contributed by atoms with Crippen LogP contribution >= 0.6 is 0 Å². The summed E-state index contributed by atoms with van der Waals surface area (Å²) in [5, 5.41) is 8.82. The molecule has 1 saturated heterocycles. The molecule has 0 atom stereocenters. The molecular weight excluding hydrogens is 414 g/mol. The maximum atomic E-state index is 12.4. The highest BCUT2D eigenvalue weighted by atomic mass is 16.2. The van der Waals surface area contributed by atoms with Gasteiger partial charge in [-0.25, -0.2) is 9.67 Å². The van der Waals surface area contributed by atoms with Crippen LogP contribution in [0.25, 0.3) is 16.7 Å². The van der Waals surface area contributed by atoms with Gasteiger partial charge >= 0.3 is 0 Å². The number of aryl methyl sites for hydroxylation is 4. The molecule has 0 saturated carbocycles. The van der Waals surface area contributed by atoms with Gasteiger partial charge in [0.05, 0.1) is 11.4 Å². The molecule has 1 aliphatic rings. The topological polar surface area (TPSA) is 80.1 Å². The predicted octanol–water partition coefficient (Wildman–Crippen LogP) is 3.72. The maximum Gasteiger partial charge on any atom is 0.222 e. The lowest BCUT2D eigenvalue weighted by Crippen LogP contribution is -2.30. The van der Waals surface area contributed by atoms with E-state index in [1.807, 2.05) is 23.4 Å². The van der Waals surface area contributed by atoms with Gasteiger partial charge in [0.2, 0.25) is 11.8 Å². The van der Waals surface area contributed by atoms with Gasteiger partial charge in [0.1, 0.15) is 0 Å². The Hall–Kier alpha value is -3.22. The monoisotopic (exact) mass is 447 g/mol. The molecule has 0 radical (unpaired) electrons. The van der Waals surface area contributed by atoms with E-state index in [-0.39, 0.29) is 11.8 Å². The molecule has 7 heteroatoms. The lowest BCUT2D eigenvalue weighted by atomic mass is 9.99. The fraction of sp³-hybridized carbons (Fsp3) is 0.462. The van der Waals surface area contributed by atoms with Crippen LogP contribution in [0.2, 0.25) is 0 Å². The van der Waals surface area contributed by atoms with E-state index in [1.54, 1.807) is 0 Å². The molecule has 1 aliphatic heterocycles. The smallest absolute Gasteiger partial charge is 0.222 e. The fourth-order valence-corrected chi connectivity index (χ4v) is 4.71. The number of benzene rings is 1. The highest BCUT2D eigenvalue weighted by molar-refractivity contribution is 5.85. The quantitative estimate of drug-likeness (QED) is 0.534. The van der Waals surface area contributed by atoms with Crippen molar-refractivity contribution in [3.05, 3.63) is 52.3 Å². The van der Waals surface area contributed by atoms with E-state index in [9.17, 15) is 9.59 Å². The Kier molecular flexibility index (Phi) is 6.77. The van der Waals surface area contributed by atoms with E-state index in [4.69, 9.17) is 10.1 Å². The third kappa shape index (κ3) is 4.92. The van der Waals surface area contributed by atoms with Crippen LogP contribution in [-0.2, 0) is 16.0 Å². The number of likely N-dealkylation sites (tertiary alicyclic amines) is 1. The van der Waals surface area contributed by atoms with Crippen LogP contribution in [0, 0.1) is 27.7 Å². The minimum absolute atomic E-state index is 0.0358. The lowest BCUT2D eigenvalue weighted by molar-refractivity contribution is -0.127. The predicted molar refractivity (Wildman–Crippen MR) is 130 cm³/mol. The summed E-state index contributed by atoms with van der Waals surface area (Å²) in [5.74, 6) is 0.268. The standard InChI is InChI=1S/C26H33N5O2/c1-17-8-10-21(11-9-17)31-26-25(20(4)29-31)18(2)22(19(3)28-26)12-13-23(32)27-14-6-16-30-15-5-7-24(30)33/h8-11H,5-7,12-16H2,1-4H3,(H,27,32). The van der Waals surface area contributed by atoms with Crippen LogP contribution in [-0.4, -0.2) is 51.1 Å². The van der Waals surface area contributed by atoms with Gasteiger partial charge in [-0.1, -0.05) is 17.7 Å². The SMILES string of the molecule is Cc1ccc(-n2nc(C)c3c(C)c(CCC(=O)NCCCN4CCCC4=O)c(C)nc32)cc1. The summed E-state index contributed by atoms with van der Waals surface area (Å²) < 4.78 is 1.91. The molecule has 33 heavy (non-hydrogen) atoms. The normalized spacial score (nSPS) is 13.8. The summed E-state index contributed by atoms with van der Waals surface area (Å²) in [4.78, 5) is 30.9. The van der Waals surface area contributed by atoms with Crippen LogP contribution < -0.4 is 5.32 Å². The number of amides is 2. The average molecular weight is 448 g/mol. The summed E-state index contributed by atoms with van der Waals surface area (Å²) in [5.41, 5.74) is 7.20. The van der Waals surface area contributed by atoms with Gasteiger partial charge in [-0.2, -0.15) is 5.10 Å². The lowest BCUT2D eigenvalue weighted by Gasteiger charge is -2.15. The van der Waals surface area contributed by atoms with Gasteiger partial charge in [-0.05, 0) is 70.2 Å². The second kappa shape index (κ2) is 9.73. The number of hydrogen-bond donors (Lipinski definition) is 1. The molecule has 0 aliphatic carbocycles. The first-order valence-corrected chi connectivity index (χ1v) is 11.8. The molecule has 0 bridgehead atoms. The summed E-state index contributed by atoms with van der Waals surface area (Å²) in [7, 11) is 0. The van der Waals surface area contributed by atoms with Gasteiger partial charge in [-0.3, -0.25) is 9.59 Å². The van der Waals surface area contributed by atoms with Crippen molar-refractivity contribution < 1.29 is 9.59 Å². The van der Waals surface area contributed by atoms with Crippen LogP contribution in [0.5, 0.6) is 0 Å². The molecule has 1 aromatic carbocycles. The van der Waals surface area contributed by atoms with Crippen molar-refractivity contribution in [3.8, 4) is 5.69 Å². The van der Waals surface area contributed by atoms with Crippen molar-refractivity contribution in [2.24, 2.45) is 0 Å². The van der Waals surface area contributed by atoms with Gasteiger partial charge in [0.15, 0.2) is 5.65 Å². The Bertz CT molecular complexity index is 1180. The number of hydrogen-bond acceptors (Lipinski definition) is 4. The van der Waals surface area contributed by atoms with Crippen molar-refractivity contribution in [1.29, 1.82) is 0 Å². The number of nitrogens with zero attached hydrogens (tertiary/aromatic N) is 4. The van der Waals surface area contributed by atoms with Crippen LogP contribution in [0.3, 0.4) is 0 Å². The number of pyridine rings is 1. The van der Waals surface area contributed by atoms with E-state index in [0.717, 1.165) is 65.2 Å². The molecule has 0 unspecified atom stereocenters. The molecular formula is C26H33N5O2. The zero-order valence-corrected chi connectivity index (χ0v) is 20.1. The largest absolute Gasteiger partial charge is 0.356 e. The van der Waals surface area contributed by atoms with E-state index in [1.165, 1.54) is 5.56 Å². The molecule has 174 valence electrons. The number of carbonyl (C=O) groups excluding carboxylic acids is 2. The summed E-state index contributed by atoms with van der Waals surface area (Å²) in [6.45, 7) is 10.4. The van der Waals surface area contributed by atoms with Crippen molar-refractivity contribution in [3.63, 3.8) is 0 Å². The average Bonchev–Trinajstić information content (AvgIpc) is 3.34. The second-order valence-electron chi connectivity index (χ2n) is 9.02. The molecule has 7 nitrogen and oxygen atoms in total. The number of nitrogens with one attached hydrogen (secondary N) is 1. The number of aromatic nitrogens is 3. The first kappa shape index (κ1) is 23.0. The minimum Gasteiger partial charge on any atom is -0.356 e. The Morgan fingerprint density at radius 2 is 1.85 bits per heavy atom. The minimum atomic E-state index is 0.0358. The Labute approximate surface area is 195 Å². The summed E-state index contributed by atoms with van der Waals surface area (Å²) in [6, 6.07) is 8.28. The Morgan fingerprint density at radius 3 is 2.55 bits per heavy atom. The molecule has 0 spiro atoms. The van der Waals surface area contributed by atoms with Crippen molar-refractivity contribution >= 4 is 22.8 Å². The molecule has 4 rings (SSSR count). The van der Waals surface area contributed by atoms with Gasteiger partial charge in [0, 0.05) is 43.6 Å². The summed E-state index contributed by atoms with van der Waals surface area (Å²) >= 11 is 0. The van der Waals surface area contributed by atoms with Crippen LogP contribution in [0.15, 0.2) is 24.3 Å². The Balaban J connectivity index is 1.41. The number of rotatable bonds is 8. The first-order chi connectivity index (χ1) is 15.8. The molecule has 1 fully saturated rings. The van der Waals surface area contributed by atoms with Gasteiger partial charge < -0.3 is 10.2 Å². The Morgan fingerprint density at radius 1 is 1.09 bits per heavy atom. The third-order valence-electron chi connectivity index (χ3n) is 6.55. The van der Waals surface area contributed by atoms with E-state index >= 15 is 0 Å². The first-order valence-electron chi connectivity index (χ1n) is 11.8. The summed E-state index contributed by atoms with van der Waals surface area (Å²) in [6.07, 6.45) is 3.47.